The predicted octanol–water partition coefficient (Wildman–Crippen LogP) is 2.47. The molecule has 8 nitrogen and oxygen atoms in total. The van der Waals surface area contributed by atoms with Crippen LogP contribution in [0.1, 0.15) is 30.6 Å². The summed E-state index contributed by atoms with van der Waals surface area (Å²) in [6, 6.07) is 12.0. The van der Waals surface area contributed by atoms with Gasteiger partial charge in [-0.05, 0) is 47.2 Å². The molecular weight excluding hydrogens is 406 g/mol. The van der Waals surface area contributed by atoms with Crippen LogP contribution in [0.25, 0.3) is 22.0 Å². The van der Waals surface area contributed by atoms with Crippen molar-refractivity contribution < 1.29 is 9.59 Å². The third-order valence-corrected chi connectivity index (χ3v) is 5.69. The molecule has 0 radical (unpaired) electrons. The average molecular weight is 429 g/mol. The van der Waals surface area contributed by atoms with Gasteiger partial charge in [-0.25, -0.2) is 0 Å². The summed E-state index contributed by atoms with van der Waals surface area (Å²) >= 11 is 0. The highest BCUT2D eigenvalue weighted by atomic mass is 16.2. The molecule has 1 aliphatic rings. The van der Waals surface area contributed by atoms with E-state index in [1.165, 1.54) is 6.07 Å². The van der Waals surface area contributed by atoms with E-state index in [1.54, 1.807) is 29.4 Å². The second-order valence-corrected chi connectivity index (χ2v) is 8.75. The van der Waals surface area contributed by atoms with E-state index in [4.69, 9.17) is 0 Å². The van der Waals surface area contributed by atoms with Crippen LogP contribution in [0.3, 0.4) is 0 Å². The molecule has 1 aromatic carbocycles. The fourth-order valence-corrected chi connectivity index (χ4v) is 4.11. The van der Waals surface area contributed by atoms with Gasteiger partial charge < -0.3 is 15.2 Å². The van der Waals surface area contributed by atoms with Crippen LogP contribution in [0, 0.1) is 16.7 Å². The van der Waals surface area contributed by atoms with Crippen molar-refractivity contribution in [3.8, 4) is 17.2 Å². The van der Waals surface area contributed by atoms with Crippen molar-refractivity contribution in [3.63, 3.8) is 0 Å². The lowest BCUT2D eigenvalue weighted by Crippen LogP contribution is -2.42. The molecule has 1 saturated heterocycles. The van der Waals surface area contributed by atoms with E-state index in [1.807, 2.05) is 32.0 Å². The zero-order valence-corrected chi connectivity index (χ0v) is 17.9. The summed E-state index contributed by atoms with van der Waals surface area (Å²) in [6.07, 6.45) is 3.78. The van der Waals surface area contributed by atoms with Gasteiger partial charge in [0.1, 0.15) is 6.04 Å². The molecular formula is C24H23N5O3. The van der Waals surface area contributed by atoms with E-state index in [0.717, 1.165) is 11.1 Å². The molecule has 8 heteroatoms. The van der Waals surface area contributed by atoms with E-state index in [9.17, 15) is 19.6 Å². The number of likely N-dealkylation sites (tertiary alicyclic amines) is 1. The van der Waals surface area contributed by atoms with Crippen molar-refractivity contribution in [2.75, 3.05) is 13.1 Å². The summed E-state index contributed by atoms with van der Waals surface area (Å²) in [5.74, 6) is -0.668. The second kappa shape index (κ2) is 8.27. The van der Waals surface area contributed by atoms with Crippen LogP contribution < -0.4 is 10.9 Å². The maximum absolute atomic E-state index is 12.9. The number of aromatic amines is 1. The molecule has 0 bridgehead atoms. The zero-order valence-electron chi connectivity index (χ0n) is 17.9. The first-order valence-corrected chi connectivity index (χ1v) is 10.3. The molecule has 0 saturated carbocycles. The van der Waals surface area contributed by atoms with Crippen LogP contribution in [0.5, 0.6) is 0 Å². The fraction of sp³-hybridized carbons (Fsp3) is 0.292. The van der Waals surface area contributed by atoms with E-state index >= 15 is 0 Å². The Morgan fingerprint density at radius 1 is 1.25 bits per heavy atom. The molecule has 2 N–H and O–H groups in total. The maximum Gasteiger partial charge on any atom is 0.252 e. The Bertz CT molecular complexity index is 1280. The minimum Gasteiger partial charge on any atom is -0.343 e. The minimum atomic E-state index is -0.476. The third-order valence-electron chi connectivity index (χ3n) is 5.69. The number of carbonyl (C=O) groups is 2. The SMILES string of the molecule is CC1(C)CC(C#N)N(C(=O)CNC(=O)c2ccnc3ccc(-c4ccc(=O)[nH]c4)cc23)C1. The van der Waals surface area contributed by atoms with Crippen LogP contribution >= 0.6 is 0 Å². The number of rotatable bonds is 4. The van der Waals surface area contributed by atoms with Gasteiger partial charge in [0.05, 0.1) is 23.7 Å². The Morgan fingerprint density at radius 3 is 2.75 bits per heavy atom. The van der Waals surface area contributed by atoms with Crippen LogP contribution in [0.4, 0.5) is 0 Å². The first-order chi connectivity index (χ1) is 15.3. The normalized spacial score (nSPS) is 17.2. The van der Waals surface area contributed by atoms with Crippen LogP contribution in [-0.2, 0) is 4.79 Å². The lowest BCUT2D eigenvalue weighted by molar-refractivity contribution is -0.130. The topological polar surface area (TPSA) is 119 Å². The van der Waals surface area contributed by atoms with Gasteiger partial charge in [0, 0.05) is 30.4 Å². The number of nitrogens with one attached hydrogen (secondary N) is 2. The molecule has 0 spiro atoms. The summed E-state index contributed by atoms with van der Waals surface area (Å²) in [6.45, 7) is 4.34. The maximum atomic E-state index is 12.9. The number of nitriles is 1. The second-order valence-electron chi connectivity index (χ2n) is 8.75. The largest absolute Gasteiger partial charge is 0.343 e. The van der Waals surface area contributed by atoms with Gasteiger partial charge in [0.15, 0.2) is 0 Å². The molecule has 1 atom stereocenters. The molecule has 2 aromatic heterocycles. The van der Waals surface area contributed by atoms with Crippen LogP contribution in [-0.4, -0.2) is 45.8 Å². The van der Waals surface area contributed by atoms with Crippen molar-refractivity contribution in [3.05, 3.63) is 64.7 Å². The minimum absolute atomic E-state index is 0.126. The summed E-state index contributed by atoms with van der Waals surface area (Å²) in [7, 11) is 0. The molecule has 2 amide bonds. The molecule has 3 aromatic rings. The van der Waals surface area contributed by atoms with Gasteiger partial charge in [-0.1, -0.05) is 19.9 Å². The Kier molecular flexibility index (Phi) is 5.49. The molecule has 1 fully saturated rings. The molecule has 1 aliphatic heterocycles. The smallest absolute Gasteiger partial charge is 0.252 e. The van der Waals surface area contributed by atoms with Gasteiger partial charge >= 0.3 is 0 Å². The van der Waals surface area contributed by atoms with Gasteiger partial charge in [-0.2, -0.15) is 5.26 Å². The first-order valence-electron chi connectivity index (χ1n) is 10.3. The molecule has 1 unspecified atom stereocenters. The number of hydrogen-bond acceptors (Lipinski definition) is 5. The average Bonchev–Trinajstić information content (AvgIpc) is 3.11. The summed E-state index contributed by atoms with van der Waals surface area (Å²) in [5, 5.41) is 12.7. The van der Waals surface area contributed by atoms with Crippen molar-refractivity contribution in [1.82, 2.24) is 20.2 Å². The highest BCUT2D eigenvalue weighted by molar-refractivity contribution is 6.07. The van der Waals surface area contributed by atoms with Gasteiger partial charge in [-0.3, -0.25) is 19.4 Å². The molecule has 0 aliphatic carbocycles. The van der Waals surface area contributed by atoms with E-state index in [2.05, 4.69) is 21.4 Å². The zero-order chi connectivity index (χ0) is 22.9. The van der Waals surface area contributed by atoms with E-state index in [-0.39, 0.29) is 23.4 Å². The molecule has 32 heavy (non-hydrogen) atoms. The van der Waals surface area contributed by atoms with Crippen molar-refractivity contribution >= 4 is 22.7 Å². The number of amides is 2. The van der Waals surface area contributed by atoms with Gasteiger partial charge in [0.25, 0.3) is 5.91 Å². The van der Waals surface area contributed by atoms with Crippen LogP contribution in [0.2, 0.25) is 0 Å². The first kappa shape index (κ1) is 21.2. The number of pyridine rings is 2. The Labute approximate surface area is 184 Å². The number of nitrogens with zero attached hydrogens (tertiary/aromatic N) is 3. The van der Waals surface area contributed by atoms with E-state index < -0.39 is 11.9 Å². The fourth-order valence-electron chi connectivity index (χ4n) is 4.11. The predicted molar refractivity (Wildman–Crippen MR) is 120 cm³/mol. The van der Waals surface area contributed by atoms with Crippen molar-refractivity contribution in [2.24, 2.45) is 5.41 Å². The lowest BCUT2D eigenvalue weighted by atomic mass is 9.91. The third kappa shape index (κ3) is 4.23. The van der Waals surface area contributed by atoms with Gasteiger partial charge in [0.2, 0.25) is 11.5 Å². The summed E-state index contributed by atoms with van der Waals surface area (Å²) in [5.41, 5.74) is 2.34. The number of benzene rings is 1. The Morgan fingerprint density at radius 2 is 2.03 bits per heavy atom. The van der Waals surface area contributed by atoms with Crippen molar-refractivity contribution in [1.29, 1.82) is 5.26 Å². The summed E-state index contributed by atoms with van der Waals surface area (Å²) in [4.78, 5) is 45.5. The molecule has 4 rings (SSSR count). The standard InChI is InChI=1S/C24H23N5O3/c1-24(2)10-17(11-25)29(14-24)22(31)13-28-23(32)18-7-8-26-20-5-3-15(9-19(18)20)16-4-6-21(30)27-12-16/h3-9,12,17H,10,13-14H2,1-2H3,(H,27,30)(H,28,32). The number of hydrogen-bond donors (Lipinski definition) is 2. The highest BCUT2D eigenvalue weighted by Gasteiger charge is 2.39. The number of carbonyl (C=O) groups excluding carboxylic acids is 2. The number of H-pyrrole nitrogens is 1. The van der Waals surface area contributed by atoms with E-state index in [0.29, 0.717) is 29.4 Å². The lowest BCUT2D eigenvalue weighted by Gasteiger charge is -2.21. The monoisotopic (exact) mass is 429 g/mol. The Balaban J connectivity index is 1.55. The number of aromatic nitrogens is 2. The number of fused-ring (bicyclic) bond motifs is 1. The summed E-state index contributed by atoms with van der Waals surface area (Å²) < 4.78 is 0. The Hall–Kier alpha value is -3.99. The quantitative estimate of drug-likeness (QED) is 0.660. The van der Waals surface area contributed by atoms with Gasteiger partial charge in [-0.15, -0.1) is 0 Å². The van der Waals surface area contributed by atoms with Crippen molar-refractivity contribution in [2.45, 2.75) is 26.3 Å². The highest BCUT2D eigenvalue weighted by Crippen LogP contribution is 2.33. The van der Waals surface area contributed by atoms with Crippen LogP contribution in [0.15, 0.2) is 53.6 Å². The molecule has 162 valence electrons. The molecule has 3 heterocycles.